The van der Waals surface area contributed by atoms with Crippen molar-refractivity contribution in [2.24, 2.45) is 18.5 Å². The lowest BCUT2D eigenvalue weighted by Crippen LogP contribution is -2.50. The first kappa shape index (κ1) is 21.2. The number of aromatic nitrogens is 1. The molecule has 1 aliphatic heterocycles. The summed E-state index contributed by atoms with van der Waals surface area (Å²) in [7, 11) is 2.03. The number of aryl methyl sites for hydroxylation is 1. The van der Waals surface area contributed by atoms with Crippen molar-refractivity contribution in [1.82, 2.24) is 9.47 Å². The Morgan fingerprint density at radius 3 is 2.45 bits per heavy atom. The Hall–Kier alpha value is -3.03. The van der Waals surface area contributed by atoms with E-state index in [0.717, 1.165) is 36.0 Å². The molecule has 0 bridgehead atoms. The summed E-state index contributed by atoms with van der Waals surface area (Å²) in [5.41, 5.74) is 16.0. The van der Waals surface area contributed by atoms with Gasteiger partial charge in [-0.3, -0.25) is 4.79 Å². The van der Waals surface area contributed by atoms with Gasteiger partial charge in [-0.1, -0.05) is 12.1 Å². The first-order valence-corrected chi connectivity index (χ1v) is 10.8. The molecule has 0 radical (unpaired) electrons. The Morgan fingerprint density at radius 2 is 1.77 bits per heavy atom. The van der Waals surface area contributed by atoms with E-state index < -0.39 is 0 Å². The van der Waals surface area contributed by atoms with Gasteiger partial charge < -0.3 is 30.6 Å². The molecule has 3 aromatic rings. The van der Waals surface area contributed by atoms with E-state index in [2.05, 4.69) is 39.9 Å². The number of carbonyl (C=O) groups is 1. The molecule has 7 nitrogen and oxygen atoms in total. The van der Waals surface area contributed by atoms with Crippen molar-refractivity contribution in [3.63, 3.8) is 0 Å². The molecule has 7 heteroatoms. The van der Waals surface area contributed by atoms with Crippen LogP contribution in [0.1, 0.15) is 11.1 Å². The number of hydrogen-bond acceptors (Lipinski definition) is 5. The molecule has 0 aliphatic carbocycles. The smallest absolute Gasteiger partial charge is 0.260 e. The third-order valence-electron chi connectivity index (χ3n) is 5.99. The van der Waals surface area contributed by atoms with Gasteiger partial charge in [0.2, 0.25) is 0 Å². The molecule has 1 amide bonds. The van der Waals surface area contributed by atoms with Crippen LogP contribution in [0.2, 0.25) is 0 Å². The number of hydrogen-bond donors (Lipinski definition) is 2. The molecule has 0 spiro atoms. The maximum absolute atomic E-state index is 12.7. The lowest BCUT2D eigenvalue weighted by Gasteiger charge is -2.36. The Kier molecular flexibility index (Phi) is 6.44. The normalized spacial score (nSPS) is 14.3. The molecular formula is C24H31N5O2. The summed E-state index contributed by atoms with van der Waals surface area (Å²) in [6, 6.07) is 14.3. The zero-order valence-corrected chi connectivity index (χ0v) is 18.1. The molecule has 2 heterocycles. The lowest BCUT2D eigenvalue weighted by molar-refractivity contribution is -0.133. The first-order chi connectivity index (χ1) is 15.1. The minimum absolute atomic E-state index is 0.0217. The average Bonchev–Trinajstić information content (AvgIpc) is 3.12. The van der Waals surface area contributed by atoms with Gasteiger partial charge in [0.1, 0.15) is 5.75 Å². The van der Waals surface area contributed by atoms with Gasteiger partial charge in [-0.2, -0.15) is 0 Å². The van der Waals surface area contributed by atoms with E-state index in [4.69, 9.17) is 16.2 Å². The van der Waals surface area contributed by atoms with Crippen LogP contribution in [0, 0.1) is 0 Å². The van der Waals surface area contributed by atoms with E-state index in [1.807, 2.05) is 30.1 Å². The molecule has 31 heavy (non-hydrogen) atoms. The van der Waals surface area contributed by atoms with Crippen molar-refractivity contribution < 1.29 is 9.53 Å². The maximum atomic E-state index is 12.7. The van der Waals surface area contributed by atoms with Gasteiger partial charge in [0.05, 0.1) is 0 Å². The maximum Gasteiger partial charge on any atom is 0.260 e. The van der Waals surface area contributed by atoms with E-state index in [1.54, 1.807) is 0 Å². The number of carbonyl (C=O) groups excluding carboxylic acids is 1. The highest BCUT2D eigenvalue weighted by atomic mass is 16.5. The van der Waals surface area contributed by atoms with Crippen molar-refractivity contribution in [3.05, 3.63) is 59.8 Å². The molecule has 164 valence electrons. The van der Waals surface area contributed by atoms with Crippen LogP contribution < -0.4 is 21.1 Å². The van der Waals surface area contributed by atoms with Gasteiger partial charge >= 0.3 is 0 Å². The summed E-state index contributed by atoms with van der Waals surface area (Å²) in [4.78, 5) is 16.9. The van der Waals surface area contributed by atoms with Crippen LogP contribution in [0.4, 0.5) is 5.69 Å². The minimum atomic E-state index is 0.0217. The molecule has 0 saturated carbocycles. The average molecular weight is 422 g/mol. The molecule has 1 aromatic heterocycles. The molecule has 4 N–H and O–H groups in total. The number of benzene rings is 2. The predicted molar refractivity (Wildman–Crippen MR) is 124 cm³/mol. The fraction of sp³-hybridized carbons (Fsp3) is 0.375. The number of amides is 1. The summed E-state index contributed by atoms with van der Waals surface area (Å²) in [5.74, 6) is 0.734. The third kappa shape index (κ3) is 4.68. The fourth-order valence-corrected chi connectivity index (χ4v) is 4.19. The molecule has 0 unspecified atom stereocenters. The fourth-order valence-electron chi connectivity index (χ4n) is 4.19. The van der Waals surface area contributed by atoms with E-state index in [1.165, 1.54) is 11.3 Å². The molecular weight excluding hydrogens is 390 g/mol. The highest BCUT2D eigenvalue weighted by molar-refractivity contribution is 5.85. The van der Waals surface area contributed by atoms with Gasteiger partial charge in [0.15, 0.2) is 6.61 Å². The third-order valence-corrected chi connectivity index (χ3v) is 5.99. The van der Waals surface area contributed by atoms with Crippen molar-refractivity contribution in [2.75, 3.05) is 44.2 Å². The summed E-state index contributed by atoms with van der Waals surface area (Å²) < 4.78 is 7.95. The van der Waals surface area contributed by atoms with Crippen LogP contribution in [0.15, 0.2) is 48.7 Å². The van der Waals surface area contributed by atoms with Crippen LogP contribution >= 0.6 is 0 Å². The number of fused-ring (bicyclic) bond motifs is 1. The number of nitrogens with two attached hydrogens (primary N) is 2. The zero-order chi connectivity index (χ0) is 21.8. The van der Waals surface area contributed by atoms with Gasteiger partial charge in [0.25, 0.3) is 5.91 Å². The molecule has 1 saturated heterocycles. The highest BCUT2D eigenvalue weighted by Gasteiger charge is 2.21. The summed E-state index contributed by atoms with van der Waals surface area (Å²) >= 11 is 0. The Balaban J connectivity index is 1.32. The molecule has 1 aliphatic rings. The number of anilines is 1. The van der Waals surface area contributed by atoms with E-state index in [0.29, 0.717) is 31.9 Å². The van der Waals surface area contributed by atoms with Crippen molar-refractivity contribution >= 4 is 22.5 Å². The van der Waals surface area contributed by atoms with Crippen LogP contribution in [0.25, 0.3) is 10.9 Å². The topological polar surface area (TPSA) is 89.8 Å². The van der Waals surface area contributed by atoms with Crippen molar-refractivity contribution in [2.45, 2.75) is 13.0 Å². The second kappa shape index (κ2) is 9.41. The highest BCUT2D eigenvalue weighted by Crippen LogP contribution is 2.26. The molecule has 2 aromatic carbocycles. The number of piperazine rings is 1. The summed E-state index contributed by atoms with van der Waals surface area (Å²) in [5, 5.41) is 1.13. The van der Waals surface area contributed by atoms with Crippen LogP contribution in [-0.4, -0.2) is 54.7 Å². The van der Waals surface area contributed by atoms with Gasteiger partial charge in [-0.25, -0.2) is 0 Å². The first-order valence-electron chi connectivity index (χ1n) is 10.8. The predicted octanol–water partition coefficient (Wildman–Crippen LogP) is 1.87. The monoisotopic (exact) mass is 421 g/mol. The Labute approximate surface area is 183 Å². The van der Waals surface area contributed by atoms with Gasteiger partial charge in [-0.05, 0) is 54.4 Å². The summed E-state index contributed by atoms with van der Waals surface area (Å²) in [6.45, 7) is 4.21. The molecule has 4 rings (SSSR count). The number of nitrogens with zero attached hydrogens (tertiary/aromatic N) is 3. The van der Waals surface area contributed by atoms with E-state index in [-0.39, 0.29) is 12.5 Å². The van der Waals surface area contributed by atoms with E-state index in [9.17, 15) is 4.79 Å². The Bertz CT molecular complexity index is 1040. The second-order valence-electron chi connectivity index (χ2n) is 8.01. The van der Waals surface area contributed by atoms with Crippen LogP contribution in [0.3, 0.4) is 0 Å². The lowest BCUT2D eigenvalue weighted by atomic mass is 10.1. The van der Waals surface area contributed by atoms with Crippen LogP contribution in [-0.2, 0) is 24.8 Å². The standard InChI is InChI=1S/C24H31N5O2/c1-27-16-19(8-9-25)22-14-21(6-7-23(22)27)31-17-24(30)29-12-10-28(11-13-29)20-4-2-18(15-26)3-5-20/h2-7,14,16H,8-13,15,17,25-26H2,1H3. The number of ether oxygens (including phenoxy) is 1. The Morgan fingerprint density at radius 1 is 1.03 bits per heavy atom. The van der Waals surface area contributed by atoms with Crippen molar-refractivity contribution in [1.29, 1.82) is 0 Å². The minimum Gasteiger partial charge on any atom is -0.484 e. The second-order valence-corrected chi connectivity index (χ2v) is 8.01. The molecule has 0 atom stereocenters. The largest absolute Gasteiger partial charge is 0.484 e. The quantitative estimate of drug-likeness (QED) is 0.608. The summed E-state index contributed by atoms with van der Waals surface area (Å²) in [6.07, 6.45) is 2.93. The van der Waals surface area contributed by atoms with Crippen molar-refractivity contribution in [3.8, 4) is 5.75 Å². The van der Waals surface area contributed by atoms with Gasteiger partial charge in [0, 0.05) is 62.6 Å². The van der Waals surface area contributed by atoms with Crippen LogP contribution in [0.5, 0.6) is 5.75 Å². The molecule has 1 fully saturated rings. The van der Waals surface area contributed by atoms with Gasteiger partial charge in [-0.15, -0.1) is 0 Å². The zero-order valence-electron chi connectivity index (χ0n) is 18.1. The number of rotatable bonds is 7. The SMILES string of the molecule is Cn1cc(CCN)c2cc(OCC(=O)N3CCN(c4ccc(CN)cc4)CC3)ccc21. The van der Waals surface area contributed by atoms with E-state index >= 15 is 0 Å².